The molecule has 1 unspecified atom stereocenters. The van der Waals surface area contributed by atoms with Crippen LogP contribution in [0, 0.1) is 6.92 Å². The molecule has 4 heteroatoms. The largest absolute Gasteiger partial charge is 0.369 e. The molecule has 84 valence electrons. The van der Waals surface area contributed by atoms with Crippen molar-refractivity contribution in [1.29, 1.82) is 0 Å². The number of nitrogens with two attached hydrogens (primary N) is 1. The molecular weight excluding hydrogens is 254 g/mol. The number of aryl methyl sites for hydroxylation is 1. The molecule has 0 aliphatic rings. The van der Waals surface area contributed by atoms with Crippen LogP contribution < -0.4 is 11.1 Å². The lowest BCUT2D eigenvalue weighted by Crippen LogP contribution is -2.16. The first kappa shape index (κ1) is 12.5. The Hall–Kier alpha value is -0.610. The van der Waals surface area contributed by atoms with Gasteiger partial charge in [-0.25, -0.2) is 4.98 Å². The molecule has 0 saturated carbocycles. The van der Waals surface area contributed by atoms with E-state index in [2.05, 4.69) is 33.2 Å². The van der Waals surface area contributed by atoms with Crippen LogP contribution in [-0.4, -0.2) is 17.6 Å². The van der Waals surface area contributed by atoms with Crippen molar-refractivity contribution in [2.45, 2.75) is 32.7 Å². The second-order valence-corrected chi connectivity index (χ2v) is 4.63. The van der Waals surface area contributed by atoms with Gasteiger partial charge in [-0.15, -0.1) is 0 Å². The third-order valence-electron chi connectivity index (χ3n) is 2.21. The van der Waals surface area contributed by atoms with Gasteiger partial charge in [0.05, 0.1) is 4.47 Å². The topological polar surface area (TPSA) is 50.9 Å². The van der Waals surface area contributed by atoms with Crippen LogP contribution in [0.15, 0.2) is 16.7 Å². The molecule has 0 radical (unpaired) electrons. The number of anilines is 1. The molecule has 0 bridgehead atoms. The minimum atomic E-state index is 0.278. The van der Waals surface area contributed by atoms with E-state index in [1.54, 1.807) is 0 Å². The van der Waals surface area contributed by atoms with Gasteiger partial charge >= 0.3 is 0 Å². The van der Waals surface area contributed by atoms with Gasteiger partial charge < -0.3 is 11.1 Å². The molecule has 3 N–H and O–H groups in total. The van der Waals surface area contributed by atoms with E-state index < -0.39 is 0 Å². The lowest BCUT2D eigenvalue weighted by Gasteiger charge is -2.09. The highest BCUT2D eigenvalue weighted by atomic mass is 79.9. The Morgan fingerprint density at radius 3 is 3.00 bits per heavy atom. The van der Waals surface area contributed by atoms with Crippen molar-refractivity contribution < 1.29 is 0 Å². The molecule has 0 aromatic carbocycles. The highest BCUT2D eigenvalue weighted by molar-refractivity contribution is 9.10. The van der Waals surface area contributed by atoms with E-state index in [0.717, 1.165) is 29.7 Å². The molecular formula is C11H18BrN3. The Bertz CT molecular complexity index is 313. The maximum Gasteiger partial charge on any atom is 0.140 e. The molecule has 0 aliphatic heterocycles. The molecule has 1 aromatic rings. The number of halogens is 1. The maximum atomic E-state index is 5.67. The lowest BCUT2D eigenvalue weighted by molar-refractivity contribution is 0.639. The molecule has 1 aromatic heterocycles. The van der Waals surface area contributed by atoms with Gasteiger partial charge in [0.2, 0.25) is 0 Å². The van der Waals surface area contributed by atoms with Crippen molar-refractivity contribution >= 4 is 21.7 Å². The predicted molar refractivity (Wildman–Crippen MR) is 68.0 cm³/mol. The third-order valence-corrected chi connectivity index (χ3v) is 3.21. The molecule has 0 fully saturated rings. The molecule has 0 aliphatic carbocycles. The number of pyridine rings is 1. The predicted octanol–water partition coefficient (Wildman–Crippen LogP) is 2.69. The zero-order valence-corrected chi connectivity index (χ0v) is 10.8. The summed E-state index contributed by atoms with van der Waals surface area (Å²) >= 11 is 3.51. The van der Waals surface area contributed by atoms with Gasteiger partial charge in [0.1, 0.15) is 5.82 Å². The van der Waals surface area contributed by atoms with E-state index >= 15 is 0 Å². The SMILES string of the molecule is Cc1ccnc(NCCCC(C)N)c1Br. The van der Waals surface area contributed by atoms with Crippen LogP contribution >= 0.6 is 15.9 Å². The van der Waals surface area contributed by atoms with Crippen molar-refractivity contribution in [2.75, 3.05) is 11.9 Å². The van der Waals surface area contributed by atoms with Crippen LogP contribution in [0.3, 0.4) is 0 Å². The highest BCUT2D eigenvalue weighted by Gasteiger charge is 2.02. The van der Waals surface area contributed by atoms with Crippen LogP contribution in [0.25, 0.3) is 0 Å². The smallest absolute Gasteiger partial charge is 0.140 e. The summed E-state index contributed by atoms with van der Waals surface area (Å²) < 4.78 is 1.05. The van der Waals surface area contributed by atoms with E-state index in [0.29, 0.717) is 0 Å². The quantitative estimate of drug-likeness (QED) is 0.810. The van der Waals surface area contributed by atoms with Crippen molar-refractivity contribution in [3.8, 4) is 0 Å². The fourth-order valence-corrected chi connectivity index (χ4v) is 1.67. The van der Waals surface area contributed by atoms with Gasteiger partial charge in [0.25, 0.3) is 0 Å². The first-order valence-electron chi connectivity index (χ1n) is 5.22. The Morgan fingerprint density at radius 1 is 1.60 bits per heavy atom. The van der Waals surface area contributed by atoms with Crippen LogP contribution in [-0.2, 0) is 0 Å². The average Bonchev–Trinajstić information content (AvgIpc) is 2.18. The molecule has 0 amide bonds. The van der Waals surface area contributed by atoms with E-state index in [1.807, 2.05) is 19.2 Å². The summed E-state index contributed by atoms with van der Waals surface area (Å²) in [4.78, 5) is 4.27. The summed E-state index contributed by atoms with van der Waals surface area (Å²) in [5.74, 6) is 0.916. The number of nitrogens with zero attached hydrogens (tertiary/aromatic N) is 1. The standard InChI is InChI=1S/C11H18BrN3/c1-8-5-7-15-11(10(8)12)14-6-3-4-9(2)13/h5,7,9H,3-4,6,13H2,1-2H3,(H,14,15). The number of hydrogen-bond donors (Lipinski definition) is 2. The third kappa shape index (κ3) is 4.18. The normalized spacial score (nSPS) is 12.5. The Labute approximate surface area is 99.6 Å². The fourth-order valence-electron chi connectivity index (χ4n) is 1.29. The lowest BCUT2D eigenvalue weighted by atomic mass is 10.2. The monoisotopic (exact) mass is 271 g/mol. The Balaban J connectivity index is 2.41. The number of hydrogen-bond acceptors (Lipinski definition) is 3. The molecule has 1 heterocycles. The zero-order chi connectivity index (χ0) is 11.3. The Kier molecular flexibility index (Phi) is 5.05. The fraction of sp³-hybridized carbons (Fsp3) is 0.545. The van der Waals surface area contributed by atoms with Gasteiger partial charge in [-0.2, -0.15) is 0 Å². The summed E-state index contributed by atoms with van der Waals surface area (Å²) in [6.45, 7) is 5.00. The molecule has 0 saturated heterocycles. The molecule has 1 atom stereocenters. The number of aromatic nitrogens is 1. The zero-order valence-electron chi connectivity index (χ0n) is 9.26. The van der Waals surface area contributed by atoms with Gasteiger partial charge in [-0.05, 0) is 54.2 Å². The summed E-state index contributed by atoms with van der Waals surface area (Å²) in [6.07, 6.45) is 3.92. The summed E-state index contributed by atoms with van der Waals surface area (Å²) in [5, 5.41) is 3.30. The van der Waals surface area contributed by atoms with E-state index in [9.17, 15) is 0 Å². The summed E-state index contributed by atoms with van der Waals surface area (Å²) in [6, 6.07) is 2.26. The summed E-state index contributed by atoms with van der Waals surface area (Å²) in [7, 11) is 0. The van der Waals surface area contributed by atoms with Crippen LogP contribution in [0.5, 0.6) is 0 Å². The van der Waals surface area contributed by atoms with Gasteiger partial charge in [0.15, 0.2) is 0 Å². The van der Waals surface area contributed by atoms with Gasteiger partial charge in [0, 0.05) is 18.8 Å². The van der Waals surface area contributed by atoms with Crippen molar-refractivity contribution in [3.05, 3.63) is 22.3 Å². The molecule has 1 rings (SSSR count). The molecule has 3 nitrogen and oxygen atoms in total. The van der Waals surface area contributed by atoms with Crippen LogP contribution in [0.4, 0.5) is 5.82 Å². The molecule has 0 spiro atoms. The highest BCUT2D eigenvalue weighted by Crippen LogP contribution is 2.22. The number of rotatable bonds is 5. The molecule has 15 heavy (non-hydrogen) atoms. The van der Waals surface area contributed by atoms with E-state index in [-0.39, 0.29) is 6.04 Å². The van der Waals surface area contributed by atoms with Crippen LogP contribution in [0.2, 0.25) is 0 Å². The minimum Gasteiger partial charge on any atom is -0.369 e. The van der Waals surface area contributed by atoms with E-state index in [4.69, 9.17) is 5.73 Å². The summed E-state index contributed by atoms with van der Waals surface area (Å²) in [5.41, 5.74) is 6.87. The first-order chi connectivity index (χ1) is 7.11. The second-order valence-electron chi connectivity index (χ2n) is 3.84. The van der Waals surface area contributed by atoms with Crippen molar-refractivity contribution in [3.63, 3.8) is 0 Å². The number of nitrogens with one attached hydrogen (secondary N) is 1. The van der Waals surface area contributed by atoms with Gasteiger partial charge in [-0.1, -0.05) is 0 Å². The van der Waals surface area contributed by atoms with Crippen molar-refractivity contribution in [1.82, 2.24) is 4.98 Å². The van der Waals surface area contributed by atoms with Gasteiger partial charge in [-0.3, -0.25) is 0 Å². The Morgan fingerprint density at radius 2 is 2.33 bits per heavy atom. The second kappa shape index (κ2) is 6.08. The maximum absolute atomic E-state index is 5.67. The average molecular weight is 272 g/mol. The van der Waals surface area contributed by atoms with E-state index in [1.165, 1.54) is 5.56 Å². The van der Waals surface area contributed by atoms with Crippen molar-refractivity contribution in [2.24, 2.45) is 5.73 Å². The first-order valence-corrected chi connectivity index (χ1v) is 6.01. The minimum absolute atomic E-state index is 0.278. The van der Waals surface area contributed by atoms with Crippen LogP contribution in [0.1, 0.15) is 25.3 Å².